The van der Waals surface area contributed by atoms with Crippen LogP contribution in [0.3, 0.4) is 0 Å². The van der Waals surface area contributed by atoms with Crippen molar-refractivity contribution in [2.45, 2.75) is 56.6 Å². The molecule has 1 fully saturated rings. The molecule has 3 aromatic carbocycles. The van der Waals surface area contributed by atoms with E-state index in [0.717, 1.165) is 30.5 Å². The molecule has 0 bridgehead atoms. The molecule has 1 unspecified atom stereocenters. The van der Waals surface area contributed by atoms with E-state index in [2.05, 4.69) is 23.6 Å². The third-order valence-corrected chi connectivity index (χ3v) is 11.3. The molecule has 4 aliphatic rings. The first-order valence-corrected chi connectivity index (χ1v) is 18.4. The molecule has 5 atom stereocenters. The van der Waals surface area contributed by atoms with Gasteiger partial charge in [0.1, 0.15) is 36.1 Å². The van der Waals surface area contributed by atoms with Gasteiger partial charge in [0.05, 0.1) is 11.6 Å². The molecule has 1 aromatic heterocycles. The van der Waals surface area contributed by atoms with Gasteiger partial charge in [-0.2, -0.15) is 0 Å². The zero-order valence-electron chi connectivity index (χ0n) is 29.8. The number of halogens is 1. The minimum Gasteiger partial charge on any atom is -0.508 e. The Bertz CT molecular complexity index is 2130. The lowest BCUT2D eigenvalue weighted by Crippen LogP contribution is -2.60. The molecule has 0 spiro atoms. The number of nitrogens with zero attached hydrogens (tertiary/aromatic N) is 2. The number of rotatable bonds is 12. The largest absolute Gasteiger partial charge is 0.508 e. The number of hydrogen-bond donors (Lipinski definition) is 3. The predicted octanol–water partition coefficient (Wildman–Crippen LogP) is 6.93. The summed E-state index contributed by atoms with van der Waals surface area (Å²) in [5.41, 5.74) is -0.533. The Hall–Kier alpha value is -5.36. The van der Waals surface area contributed by atoms with Crippen LogP contribution < -0.4 is 14.8 Å². The molecule has 10 nitrogen and oxygen atoms in total. The maximum absolute atomic E-state index is 16.8. The molecule has 4 aromatic rings. The topological polar surface area (TPSA) is 134 Å². The fourth-order valence-electron chi connectivity index (χ4n) is 8.81. The van der Waals surface area contributed by atoms with Gasteiger partial charge in [0, 0.05) is 41.7 Å². The van der Waals surface area contributed by atoms with Crippen molar-refractivity contribution in [3.8, 4) is 11.6 Å². The van der Waals surface area contributed by atoms with Gasteiger partial charge in [0.15, 0.2) is 17.1 Å². The normalized spacial score (nSPS) is 24.4. The summed E-state index contributed by atoms with van der Waals surface area (Å²) in [6, 6.07) is 19.2. The van der Waals surface area contributed by atoms with E-state index >= 15 is 4.39 Å². The monoisotopic (exact) mass is 731 g/mol. The number of carbonyl (C=O) groups is 2. The zero-order chi connectivity index (χ0) is 37.6. The first-order chi connectivity index (χ1) is 26.3. The summed E-state index contributed by atoms with van der Waals surface area (Å²) < 4.78 is 34.9. The van der Waals surface area contributed by atoms with Crippen molar-refractivity contribution in [2.24, 2.45) is 11.8 Å². The number of aliphatic hydroxyl groups excluding tert-OH is 1. The average molecular weight is 732 g/mol. The number of aromatic nitrogens is 1. The number of allylic oxidation sites excluding steroid dienone is 1. The standard InChI is InChI=1S/C43H42FN3O7/c1-3-18-47(19-4-2)37-30-21-27-20-29-34(32(52-23-25-12-7-5-8-13-25)22-28(36(29)44)31-16-11-17-45-31)38(48)33(27)40(49)43(30,51)41(50)35-39(37)54-46-42(35)53-24-26-14-9-6-10-15-26/h3-10,12-15,22,27,30-31,37,45,49,51H,1-2,11,16-21,23-24H2/t27-,30-,31?,37-,43-/m0/s1. The van der Waals surface area contributed by atoms with Crippen LogP contribution in [0.4, 0.5) is 4.39 Å². The SMILES string of the molecule is C=CCN(CC=C)[C@@H]1c2onc(OCc3ccccc3)c2C(=O)[C@@]2(O)C(O)=C3C(=O)c4c(OCc5ccccc5)cc(C5CCCN5)c(F)c4C[C@H]3C[C@@H]12. The number of hydrogen-bond acceptors (Lipinski definition) is 10. The Morgan fingerprint density at radius 1 is 1.00 bits per heavy atom. The lowest BCUT2D eigenvalue weighted by atomic mass is 9.58. The molecule has 278 valence electrons. The lowest BCUT2D eigenvalue weighted by molar-refractivity contribution is -0.0602. The van der Waals surface area contributed by atoms with Gasteiger partial charge >= 0.3 is 0 Å². The summed E-state index contributed by atoms with van der Waals surface area (Å²) in [6.45, 7) is 9.34. The molecule has 3 N–H and O–H groups in total. The molecule has 0 radical (unpaired) electrons. The molecule has 2 heterocycles. The fraction of sp³-hybridized carbons (Fsp3) is 0.326. The molecule has 1 aliphatic heterocycles. The van der Waals surface area contributed by atoms with Crippen LogP contribution in [0.2, 0.25) is 0 Å². The van der Waals surface area contributed by atoms with Crippen LogP contribution in [0.15, 0.2) is 108 Å². The van der Waals surface area contributed by atoms with Crippen LogP contribution in [-0.4, -0.2) is 57.1 Å². The van der Waals surface area contributed by atoms with Gasteiger partial charge in [-0.15, -0.1) is 13.2 Å². The molecule has 8 rings (SSSR count). The zero-order valence-corrected chi connectivity index (χ0v) is 29.8. The molecule has 3 aliphatic carbocycles. The van der Waals surface area contributed by atoms with Crippen LogP contribution in [0.25, 0.3) is 0 Å². The van der Waals surface area contributed by atoms with Gasteiger partial charge in [-0.25, -0.2) is 4.39 Å². The van der Waals surface area contributed by atoms with Crippen molar-refractivity contribution in [3.05, 3.63) is 148 Å². The molecule has 1 saturated heterocycles. The molecular formula is C43H42FN3O7. The van der Waals surface area contributed by atoms with Crippen LogP contribution in [-0.2, 0) is 19.6 Å². The first kappa shape index (κ1) is 35.7. The van der Waals surface area contributed by atoms with E-state index < -0.39 is 46.6 Å². The molecule has 54 heavy (non-hydrogen) atoms. The number of Topliss-reactive ketones (excluding diaryl/α,β-unsaturated/α-hetero) is 2. The minimum atomic E-state index is -2.56. The summed E-state index contributed by atoms with van der Waals surface area (Å²) in [6.07, 6.45) is 5.06. The maximum atomic E-state index is 16.8. The Labute approximate surface area is 312 Å². The highest BCUT2D eigenvalue weighted by atomic mass is 19.1. The van der Waals surface area contributed by atoms with Crippen LogP contribution in [0, 0.1) is 17.7 Å². The first-order valence-electron chi connectivity index (χ1n) is 18.4. The second-order valence-electron chi connectivity index (χ2n) is 14.5. The van der Waals surface area contributed by atoms with Gasteiger partial charge in [-0.1, -0.05) is 72.8 Å². The fourth-order valence-corrected chi connectivity index (χ4v) is 8.81. The molecule has 0 saturated carbocycles. The van der Waals surface area contributed by atoms with Crippen molar-refractivity contribution < 1.29 is 38.2 Å². The van der Waals surface area contributed by atoms with Crippen molar-refractivity contribution in [3.63, 3.8) is 0 Å². The number of carbonyl (C=O) groups excluding carboxylic acids is 2. The summed E-state index contributed by atoms with van der Waals surface area (Å²) in [5.74, 6) is -4.37. The van der Waals surface area contributed by atoms with E-state index in [1.54, 1.807) is 18.2 Å². The Morgan fingerprint density at radius 3 is 2.30 bits per heavy atom. The van der Waals surface area contributed by atoms with E-state index in [-0.39, 0.29) is 71.8 Å². The van der Waals surface area contributed by atoms with Crippen molar-refractivity contribution in [1.82, 2.24) is 15.4 Å². The highest BCUT2D eigenvalue weighted by molar-refractivity contribution is 6.16. The van der Waals surface area contributed by atoms with Gasteiger partial charge in [0.25, 0.3) is 5.88 Å². The molecular weight excluding hydrogens is 689 g/mol. The van der Waals surface area contributed by atoms with Crippen LogP contribution >= 0.6 is 0 Å². The maximum Gasteiger partial charge on any atom is 0.265 e. The Morgan fingerprint density at radius 2 is 1.67 bits per heavy atom. The van der Waals surface area contributed by atoms with Gasteiger partial charge in [-0.05, 0) is 60.5 Å². The van der Waals surface area contributed by atoms with Gasteiger partial charge in [-0.3, -0.25) is 14.5 Å². The van der Waals surface area contributed by atoms with Crippen molar-refractivity contribution >= 4 is 11.6 Å². The predicted molar refractivity (Wildman–Crippen MR) is 198 cm³/mol. The molecule has 0 amide bonds. The number of ether oxygens (including phenoxy) is 2. The number of ketones is 2. The van der Waals surface area contributed by atoms with E-state index in [4.69, 9.17) is 14.0 Å². The quantitative estimate of drug-likeness (QED) is 0.132. The second-order valence-corrected chi connectivity index (χ2v) is 14.5. The smallest absolute Gasteiger partial charge is 0.265 e. The van der Waals surface area contributed by atoms with E-state index in [1.807, 2.05) is 65.6 Å². The van der Waals surface area contributed by atoms with Crippen molar-refractivity contribution in [2.75, 3.05) is 19.6 Å². The minimum absolute atomic E-state index is 0.0117. The van der Waals surface area contributed by atoms with E-state index in [0.29, 0.717) is 18.7 Å². The van der Waals surface area contributed by atoms with Gasteiger partial charge < -0.3 is 29.5 Å². The van der Waals surface area contributed by atoms with Crippen LogP contribution in [0.5, 0.6) is 11.6 Å². The highest BCUT2D eigenvalue weighted by Gasteiger charge is 2.64. The summed E-state index contributed by atoms with van der Waals surface area (Å²) in [7, 11) is 0. The number of nitrogens with one attached hydrogen (secondary N) is 1. The average Bonchev–Trinajstić information content (AvgIpc) is 3.87. The second kappa shape index (κ2) is 14.5. The Kier molecular flexibility index (Phi) is 9.55. The van der Waals surface area contributed by atoms with Crippen molar-refractivity contribution in [1.29, 1.82) is 0 Å². The molecule has 11 heteroatoms. The third kappa shape index (κ3) is 5.87. The highest BCUT2D eigenvalue weighted by Crippen LogP contribution is 2.57. The van der Waals surface area contributed by atoms with E-state index in [9.17, 15) is 19.8 Å². The third-order valence-electron chi connectivity index (χ3n) is 11.3. The van der Waals surface area contributed by atoms with E-state index in [1.165, 1.54) is 0 Å². The summed E-state index contributed by atoms with van der Waals surface area (Å²) in [4.78, 5) is 31.3. The summed E-state index contributed by atoms with van der Waals surface area (Å²) in [5, 5.41) is 32.4. The summed E-state index contributed by atoms with van der Waals surface area (Å²) >= 11 is 0. The number of aliphatic hydroxyl groups is 2. The number of benzene rings is 3. The lowest BCUT2D eigenvalue weighted by Gasteiger charge is -2.50. The Balaban J connectivity index is 1.25. The van der Waals surface area contributed by atoms with Crippen LogP contribution in [0.1, 0.15) is 80.1 Å². The number of fused-ring (bicyclic) bond motifs is 4. The van der Waals surface area contributed by atoms with Gasteiger partial charge in [0.2, 0.25) is 5.78 Å².